The first kappa shape index (κ1) is 12.4. The van der Waals surface area contributed by atoms with Gasteiger partial charge in [0.1, 0.15) is 0 Å². The quantitative estimate of drug-likeness (QED) is 0.763. The maximum atomic E-state index is 8.56. The van der Waals surface area contributed by atoms with Crippen LogP contribution in [0.25, 0.3) is 0 Å². The molecule has 0 amide bonds. The molecule has 0 saturated carbocycles. The summed E-state index contributed by atoms with van der Waals surface area (Å²) < 4.78 is 0. The lowest BCUT2D eigenvalue weighted by molar-refractivity contribution is 0.137. The Kier molecular flexibility index (Phi) is 4.72. The second-order valence-electron chi connectivity index (χ2n) is 3.71. The zero-order chi connectivity index (χ0) is 12.0. The fourth-order valence-electron chi connectivity index (χ4n) is 1.90. The highest BCUT2D eigenvalue weighted by molar-refractivity contribution is 5.53. The Bertz CT molecular complexity index is 325. The molecule has 0 radical (unpaired) electrons. The van der Waals surface area contributed by atoms with Crippen LogP contribution in [0.5, 0.6) is 0 Å². The summed E-state index contributed by atoms with van der Waals surface area (Å²) in [6, 6.07) is 4.79. The van der Waals surface area contributed by atoms with Crippen molar-refractivity contribution in [2.75, 3.05) is 13.6 Å². The summed E-state index contributed by atoms with van der Waals surface area (Å²) in [6.07, 6.45) is 4.57. The molecular weight excluding hydrogens is 208 g/mol. The molecule has 2 rings (SSSR count). The van der Waals surface area contributed by atoms with Crippen molar-refractivity contribution in [1.29, 1.82) is 0 Å². The Morgan fingerprint density at radius 1 is 1.56 bits per heavy atom. The number of hydrogen-bond acceptors (Lipinski definition) is 3. The summed E-state index contributed by atoms with van der Waals surface area (Å²) in [7, 11) is 2.19. The number of likely N-dealkylation sites (tertiary alicyclic amines) is 1. The lowest BCUT2D eigenvalue weighted by Gasteiger charge is -2.18. The number of carboxylic acid groups (broad SMARTS) is 2. The summed E-state index contributed by atoms with van der Waals surface area (Å²) in [6.45, 7) is 1.22. The van der Waals surface area contributed by atoms with Crippen molar-refractivity contribution in [3.63, 3.8) is 0 Å². The number of rotatable bonds is 1. The number of carbonyl (C=O) groups is 1. The highest BCUT2D eigenvalue weighted by Crippen LogP contribution is 2.29. The van der Waals surface area contributed by atoms with Gasteiger partial charge in [0.05, 0.1) is 0 Å². The minimum absolute atomic E-state index is 0.610. The van der Waals surface area contributed by atoms with Crippen molar-refractivity contribution < 1.29 is 15.0 Å². The third-order valence-corrected chi connectivity index (χ3v) is 2.59. The fourth-order valence-corrected chi connectivity index (χ4v) is 1.90. The molecule has 1 aromatic heterocycles. The molecule has 1 saturated heterocycles. The predicted molar refractivity (Wildman–Crippen MR) is 59.5 cm³/mol. The molecule has 1 aliphatic rings. The second kappa shape index (κ2) is 6.07. The van der Waals surface area contributed by atoms with Gasteiger partial charge in [0.25, 0.3) is 0 Å². The fraction of sp³-hybridized carbons (Fsp3) is 0.455. The summed E-state index contributed by atoms with van der Waals surface area (Å²) in [5.74, 6) is 0. The molecule has 5 nitrogen and oxygen atoms in total. The number of hydrogen-bond donors (Lipinski definition) is 2. The van der Waals surface area contributed by atoms with E-state index in [1.807, 2.05) is 18.5 Å². The van der Waals surface area contributed by atoms with Gasteiger partial charge in [-0.15, -0.1) is 0 Å². The minimum Gasteiger partial charge on any atom is -0.450 e. The maximum Gasteiger partial charge on any atom is 0.503 e. The van der Waals surface area contributed by atoms with Crippen LogP contribution in [-0.2, 0) is 0 Å². The van der Waals surface area contributed by atoms with E-state index in [9.17, 15) is 0 Å². The van der Waals surface area contributed by atoms with E-state index >= 15 is 0 Å². The topological polar surface area (TPSA) is 73.7 Å². The zero-order valence-electron chi connectivity index (χ0n) is 9.21. The summed E-state index contributed by atoms with van der Waals surface area (Å²) in [4.78, 5) is 15.1. The van der Waals surface area contributed by atoms with Gasteiger partial charge in [-0.25, -0.2) is 4.79 Å². The van der Waals surface area contributed by atoms with Crippen LogP contribution in [0, 0.1) is 0 Å². The zero-order valence-corrected chi connectivity index (χ0v) is 9.21. The normalized spacial score (nSPS) is 19.9. The number of pyridine rings is 1. The van der Waals surface area contributed by atoms with E-state index in [1.165, 1.54) is 24.9 Å². The molecule has 2 N–H and O–H groups in total. The van der Waals surface area contributed by atoms with Gasteiger partial charge < -0.3 is 10.2 Å². The van der Waals surface area contributed by atoms with Crippen LogP contribution in [0.4, 0.5) is 4.79 Å². The number of aromatic nitrogens is 1. The first-order valence-corrected chi connectivity index (χ1v) is 5.13. The second-order valence-corrected chi connectivity index (χ2v) is 3.71. The maximum absolute atomic E-state index is 8.56. The smallest absolute Gasteiger partial charge is 0.450 e. The molecule has 0 bridgehead atoms. The molecule has 5 heteroatoms. The van der Waals surface area contributed by atoms with Gasteiger partial charge in [-0.3, -0.25) is 9.88 Å². The Hall–Kier alpha value is -1.62. The first-order chi connectivity index (χ1) is 7.61. The molecule has 2 heterocycles. The Morgan fingerprint density at radius 3 is 2.69 bits per heavy atom. The largest absolute Gasteiger partial charge is 0.503 e. The van der Waals surface area contributed by atoms with E-state index in [2.05, 4.69) is 23.0 Å². The van der Waals surface area contributed by atoms with Gasteiger partial charge in [-0.2, -0.15) is 0 Å². The lowest BCUT2D eigenvalue weighted by atomic mass is 10.1. The van der Waals surface area contributed by atoms with Gasteiger partial charge in [-0.1, -0.05) is 6.07 Å². The minimum atomic E-state index is -1.83. The average molecular weight is 224 g/mol. The molecule has 0 aliphatic carbocycles. The molecular formula is C11H16N2O3. The summed E-state index contributed by atoms with van der Waals surface area (Å²) in [5.41, 5.74) is 1.36. The average Bonchev–Trinajstić information content (AvgIpc) is 2.65. The third kappa shape index (κ3) is 3.86. The number of nitrogens with zero attached hydrogens (tertiary/aromatic N) is 2. The predicted octanol–water partition coefficient (Wildman–Crippen LogP) is 2.07. The van der Waals surface area contributed by atoms with Crippen molar-refractivity contribution in [3.8, 4) is 0 Å². The van der Waals surface area contributed by atoms with Crippen molar-refractivity contribution in [2.45, 2.75) is 18.9 Å². The molecule has 16 heavy (non-hydrogen) atoms. The molecule has 0 unspecified atom stereocenters. The van der Waals surface area contributed by atoms with Gasteiger partial charge in [-0.05, 0) is 38.1 Å². The van der Waals surface area contributed by atoms with Crippen LogP contribution in [0.3, 0.4) is 0 Å². The standard InChI is InChI=1S/C10H14N2.CH2O3/c1-12-7-3-5-10(12)9-4-2-6-11-8-9;2-1(3)4/h2,4,6,8,10H,3,5,7H2,1H3;(H2,2,3,4)/t10-;/m0./s1. The van der Waals surface area contributed by atoms with Crippen molar-refractivity contribution in [1.82, 2.24) is 9.88 Å². The van der Waals surface area contributed by atoms with Crippen molar-refractivity contribution >= 4 is 6.16 Å². The third-order valence-electron chi connectivity index (χ3n) is 2.59. The van der Waals surface area contributed by atoms with Crippen LogP contribution in [0.15, 0.2) is 24.5 Å². The highest BCUT2D eigenvalue weighted by Gasteiger charge is 2.21. The van der Waals surface area contributed by atoms with Crippen LogP contribution >= 0.6 is 0 Å². The van der Waals surface area contributed by atoms with Crippen LogP contribution in [-0.4, -0.2) is 39.8 Å². The highest BCUT2D eigenvalue weighted by atomic mass is 16.6. The van der Waals surface area contributed by atoms with Crippen LogP contribution in [0.2, 0.25) is 0 Å². The molecule has 88 valence electrons. The molecule has 1 fully saturated rings. The Morgan fingerprint density at radius 2 is 2.25 bits per heavy atom. The van der Waals surface area contributed by atoms with Gasteiger partial charge in [0.15, 0.2) is 0 Å². The summed E-state index contributed by atoms with van der Waals surface area (Å²) in [5, 5.41) is 13.9. The van der Waals surface area contributed by atoms with Crippen molar-refractivity contribution in [2.24, 2.45) is 0 Å². The monoisotopic (exact) mass is 224 g/mol. The van der Waals surface area contributed by atoms with Gasteiger partial charge in [0, 0.05) is 18.4 Å². The van der Waals surface area contributed by atoms with E-state index in [0.717, 1.165) is 0 Å². The molecule has 0 aromatic carbocycles. The lowest BCUT2D eigenvalue weighted by Crippen LogP contribution is -2.17. The van der Waals surface area contributed by atoms with E-state index in [0.29, 0.717) is 6.04 Å². The van der Waals surface area contributed by atoms with E-state index in [-0.39, 0.29) is 0 Å². The molecule has 1 aliphatic heterocycles. The van der Waals surface area contributed by atoms with E-state index in [1.54, 1.807) is 0 Å². The molecule has 0 spiro atoms. The van der Waals surface area contributed by atoms with E-state index < -0.39 is 6.16 Å². The van der Waals surface area contributed by atoms with Crippen LogP contribution < -0.4 is 0 Å². The SMILES string of the molecule is CN1CCC[C@H]1c1cccnc1.O=C(O)O. The molecule has 1 aromatic rings. The van der Waals surface area contributed by atoms with Gasteiger partial charge in [0.2, 0.25) is 0 Å². The van der Waals surface area contributed by atoms with Crippen molar-refractivity contribution in [3.05, 3.63) is 30.1 Å². The Labute approximate surface area is 94.4 Å². The van der Waals surface area contributed by atoms with Crippen LogP contribution in [0.1, 0.15) is 24.4 Å². The summed E-state index contributed by atoms with van der Waals surface area (Å²) >= 11 is 0. The van der Waals surface area contributed by atoms with Gasteiger partial charge >= 0.3 is 6.16 Å². The molecule has 1 atom stereocenters. The van der Waals surface area contributed by atoms with E-state index in [4.69, 9.17) is 15.0 Å². The first-order valence-electron chi connectivity index (χ1n) is 5.13. The Balaban J connectivity index is 0.000000280.